The van der Waals surface area contributed by atoms with E-state index in [1.165, 1.54) is 0 Å². The highest BCUT2D eigenvalue weighted by atomic mass is 16.5. The van der Waals surface area contributed by atoms with Gasteiger partial charge in [0.2, 0.25) is 5.91 Å². The minimum absolute atomic E-state index is 0.0143. The van der Waals surface area contributed by atoms with Crippen molar-refractivity contribution in [3.63, 3.8) is 0 Å². The molecule has 0 spiro atoms. The van der Waals surface area contributed by atoms with Gasteiger partial charge in [-0.3, -0.25) is 4.79 Å². The summed E-state index contributed by atoms with van der Waals surface area (Å²) in [5, 5.41) is 5.90. The zero-order valence-electron chi connectivity index (χ0n) is 10.3. The van der Waals surface area contributed by atoms with Crippen LogP contribution in [0, 0.1) is 0 Å². The van der Waals surface area contributed by atoms with Crippen LogP contribution in [0.4, 0.5) is 0 Å². The number of carbonyl (C=O) groups is 1. The Bertz CT molecular complexity index is 313. The molecule has 6 nitrogen and oxygen atoms in total. The van der Waals surface area contributed by atoms with Crippen molar-refractivity contribution in [1.82, 2.24) is 20.2 Å². The molecule has 0 fully saturated rings. The van der Waals surface area contributed by atoms with Crippen LogP contribution in [0.2, 0.25) is 0 Å². The first kappa shape index (κ1) is 13.7. The summed E-state index contributed by atoms with van der Waals surface area (Å²) < 4.78 is 6.82. The lowest BCUT2D eigenvalue weighted by Crippen LogP contribution is -2.40. The predicted octanol–water partition coefficient (Wildman–Crippen LogP) is -0.376. The predicted molar refractivity (Wildman–Crippen MR) is 64.6 cm³/mol. The maximum Gasteiger partial charge on any atom is 0.234 e. The summed E-state index contributed by atoms with van der Waals surface area (Å²) in [4.78, 5) is 15.3. The number of hydrogen-bond donors (Lipinski definition) is 2. The molecule has 0 saturated heterocycles. The Balaban J connectivity index is 2.10. The fourth-order valence-corrected chi connectivity index (χ4v) is 1.40. The second-order valence-electron chi connectivity index (χ2n) is 3.88. The Morgan fingerprint density at radius 1 is 1.59 bits per heavy atom. The van der Waals surface area contributed by atoms with Crippen LogP contribution in [0.25, 0.3) is 0 Å². The molecule has 1 amide bonds. The van der Waals surface area contributed by atoms with E-state index < -0.39 is 0 Å². The summed E-state index contributed by atoms with van der Waals surface area (Å²) in [6.07, 6.45) is 5.40. The smallest absolute Gasteiger partial charge is 0.234 e. The van der Waals surface area contributed by atoms with E-state index in [9.17, 15) is 4.79 Å². The number of nitrogens with one attached hydrogen (secondary N) is 2. The minimum atomic E-state index is -0.0143. The molecule has 0 aromatic carbocycles. The molecule has 96 valence electrons. The number of methoxy groups -OCH3 is 1. The van der Waals surface area contributed by atoms with E-state index in [-0.39, 0.29) is 11.9 Å². The number of rotatable bonds is 8. The lowest BCUT2D eigenvalue weighted by Gasteiger charge is -2.14. The molecular formula is C11H20N4O2. The highest BCUT2D eigenvalue weighted by Gasteiger charge is 2.05. The largest absolute Gasteiger partial charge is 0.383 e. The van der Waals surface area contributed by atoms with Crippen LogP contribution in [0.5, 0.6) is 0 Å². The van der Waals surface area contributed by atoms with Gasteiger partial charge in [-0.05, 0) is 6.92 Å². The molecule has 0 bridgehead atoms. The van der Waals surface area contributed by atoms with Gasteiger partial charge in [-0.15, -0.1) is 0 Å². The number of amides is 1. The molecule has 0 saturated carbocycles. The molecule has 2 N–H and O–H groups in total. The molecule has 0 radical (unpaired) electrons. The second-order valence-corrected chi connectivity index (χ2v) is 3.88. The van der Waals surface area contributed by atoms with Gasteiger partial charge >= 0.3 is 0 Å². The number of hydrogen-bond acceptors (Lipinski definition) is 4. The summed E-state index contributed by atoms with van der Waals surface area (Å²) in [5.74, 6) is -0.0143. The van der Waals surface area contributed by atoms with Crippen molar-refractivity contribution in [3.8, 4) is 0 Å². The number of carbonyl (C=O) groups excluding carboxylic acids is 1. The molecule has 1 aromatic heterocycles. The Labute approximate surface area is 101 Å². The van der Waals surface area contributed by atoms with E-state index in [2.05, 4.69) is 15.6 Å². The third-order valence-corrected chi connectivity index (χ3v) is 2.28. The first-order valence-corrected chi connectivity index (χ1v) is 5.67. The van der Waals surface area contributed by atoms with Crippen LogP contribution in [0.1, 0.15) is 6.92 Å². The number of imidazole rings is 1. The van der Waals surface area contributed by atoms with Gasteiger partial charge in [-0.1, -0.05) is 0 Å². The Hall–Kier alpha value is -1.40. The van der Waals surface area contributed by atoms with Crippen molar-refractivity contribution in [2.75, 3.05) is 26.8 Å². The van der Waals surface area contributed by atoms with E-state index in [0.717, 1.165) is 6.54 Å². The molecule has 1 rings (SSSR count). The maximum atomic E-state index is 11.4. The standard InChI is InChI=1S/C11H20N4O2/c1-10(8-15-5-3-12-9-15)14-7-11(16)13-4-6-17-2/h3,5,9-10,14H,4,6-8H2,1-2H3,(H,13,16). The number of aromatic nitrogens is 2. The Kier molecular flexibility index (Phi) is 6.27. The van der Waals surface area contributed by atoms with Gasteiger partial charge in [-0.25, -0.2) is 4.98 Å². The van der Waals surface area contributed by atoms with Crippen molar-refractivity contribution >= 4 is 5.91 Å². The lowest BCUT2D eigenvalue weighted by molar-refractivity contribution is -0.120. The fourth-order valence-electron chi connectivity index (χ4n) is 1.40. The molecular weight excluding hydrogens is 220 g/mol. The van der Waals surface area contributed by atoms with E-state index in [0.29, 0.717) is 19.7 Å². The van der Waals surface area contributed by atoms with Gasteiger partial charge < -0.3 is 19.9 Å². The quantitative estimate of drug-likeness (QED) is 0.608. The van der Waals surface area contributed by atoms with Crippen LogP contribution in [-0.2, 0) is 16.1 Å². The third-order valence-electron chi connectivity index (χ3n) is 2.28. The third kappa shape index (κ3) is 6.03. The summed E-state index contributed by atoms with van der Waals surface area (Å²) >= 11 is 0. The summed E-state index contributed by atoms with van der Waals surface area (Å²) in [5.41, 5.74) is 0. The average molecular weight is 240 g/mol. The SMILES string of the molecule is COCCNC(=O)CNC(C)Cn1ccnc1. The molecule has 0 aliphatic carbocycles. The minimum Gasteiger partial charge on any atom is -0.383 e. The van der Waals surface area contributed by atoms with Crippen LogP contribution in [0.15, 0.2) is 18.7 Å². The van der Waals surface area contributed by atoms with E-state index >= 15 is 0 Å². The van der Waals surface area contributed by atoms with Crippen LogP contribution in [-0.4, -0.2) is 48.3 Å². The zero-order valence-corrected chi connectivity index (χ0v) is 10.3. The average Bonchev–Trinajstić information content (AvgIpc) is 2.79. The Morgan fingerprint density at radius 3 is 3.06 bits per heavy atom. The molecule has 0 aliphatic heterocycles. The topological polar surface area (TPSA) is 68.2 Å². The first-order chi connectivity index (χ1) is 8.22. The molecule has 17 heavy (non-hydrogen) atoms. The van der Waals surface area contributed by atoms with E-state index in [1.54, 1.807) is 19.6 Å². The molecule has 0 aliphatic rings. The van der Waals surface area contributed by atoms with Crippen molar-refractivity contribution < 1.29 is 9.53 Å². The number of ether oxygens (including phenoxy) is 1. The molecule has 1 atom stereocenters. The first-order valence-electron chi connectivity index (χ1n) is 5.67. The van der Waals surface area contributed by atoms with Gasteiger partial charge in [0.05, 0.1) is 19.5 Å². The monoisotopic (exact) mass is 240 g/mol. The van der Waals surface area contributed by atoms with E-state index in [1.807, 2.05) is 17.7 Å². The molecule has 1 unspecified atom stereocenters. The van der Waals surface area contributed by atoms with Crippen molar-refractivity contribution in [2.24, 2.45) is 0 Å². The zero-order chi connectivity index (χ0) is 12.5. The van der Waals surface area contributed by atoms with Crippen LogP contribution < -0.4 is 10.6 Å². The molecule has 1 aromatic rings. The van der Waals surface area contributed by atoms with Gasteiger partial charge in [0.25, 0.3) is 0 Å². The summed E-state index contributed by atoms with van der Waals surface area (Å²) in [7, 11) is 1.61. The number of nitrogens with zero attached hydrogens (tertiary/aromatic N) is 2. The van der Waals surface area contributed by atoms with Gasteiger partial charge in [-0.2, -0.15) is 0 Å². The highest BCUT2D eigenvalue weighted by Crippen LogP contribution is 1.90. The van der Waals surface area contributed by atoms with Crippen molar-refractivity contribution in [2.45, 2.75) is 19.5 Å². The summed E-state index contributed by atoms with van der Waals surface area (Å²) in [6.45, 7) is 4.23. The van der Waals surface area contributed by atoms with Crippen molar-refractivity contribution in [3.05, 3.63) is 18.7 Å². The van der Waals surface area contributed by atoms with Gasteiger partial charge in [0.15, 0.2) is 0 Å². The van der Waals surface area contributed by atoms with Crippen molar-refractivity contribution in [1.29, 1.82) is 0 Å². The van der Waals surface area contributed by atoms with E-state index in [4.69, 9.17) is 4.74 Å². The lowest BCUT2D eigenvalue weighted by atomic mass is 10.3. The summed E-state index contributed by atoms with van der Waals surface area (Å²) in [6, 6.07) is 0.220. The van der Waals surface area contributed by atoms with Gasteiger partial charge in [0.1, 0.15) is 0 Å². The maximum absolute atomic E-state index is 11.4. The Morgan fingerprint density at radius 2 is 2.41 bits per heavy atom. The fraction of sp³-hybridized carbons (Fsp3) is 0.636. The molecule has 1 heterocycles. The second kappa shape index (κ2) is 7.81. The van der Waals surface area contributed by atoms with Gasteiger partial charge in [0, 0.05) is 38.6 Å². The van der Waals surface area contributed by atoms with Crippen LogP contribution >= 0.6 is 0 Å². The molecule has 6 heteroatoms. The van der Waals surface area contributed by atoms with Crippen LogP contribution in [0.3, 0.4) is 0 Å². The highest BCUT2D eigenvalue weighted by molar-refractivity contribution is 5.77. The normalized spacial score (nSPS) is 12.4.